The SMILES string of the molecule is CCCNc1cncc(NCc2cnccc2C)c1. The molecule has 0 aliphatic heterocycles. The second kappa shape index (κ2) is 6.73. The zero-order chi connectivity index (χ0) is 13.5. The van der Waals surface area contributed by atoms with Crippen molar-refractivity contribution in [2.24, 2.45) is 0 Å². The molecular formula is C15H20N4. The molecule has 0 saturated carbocycles. The lowest BCUT2D eigenvalue weighted by Crippen LogP contribution is -2.04. The van der Waals surface area contributed by atoms with Crippen LogP contribution in [-0.2, 0) is 6.54 Å². The van der Waals surface area contributed by atoms with Gasteiger partial charge in [0.1, 0.15) is 0 Å². The summed E-state index contributed by atoms with van der Waals surface area (Å²) in [5.74, 6) is 0. The molecule has 2 N–H and O–H groups in total. The molecule has 0 spiro atoms. The van der Waals surface area contributed by atoms with E-state index in [1.807, 2.05) is 30.9 Å². The van der Waals surface area contributed by atoms with Crippen LogP contribution in [0.2, 0.25) is 0 Å². The van der Waals surface area contributed by atoms with Crippen LogP contribution >= 0.6 is 0 Å². The molecule has 2 aromatic rings. The highest BCUT2D eigenvalue weighted by Crippen LogP contribution is 2.14. The number of rotatable bonds is 6. The van der Waals surface area contributed by atoms with Gasteiger partial charge in [0.15, 0.2) is 0 Å². The lowest BCUT2D eigenvalue weighted by Gasteiger charge is -2.10. The summed E-state index contributed by atoms with van der Waals surface area (Å²) in [4.78, 5) is 8.38. The number of aromatic nitrogens is 2. The van der Waals surface area contributed by atoms with Gasteiger partial charge in [0.25, 0.3) is 0 Å². The van der Waals surface area contributed by atoms with Crippen molar-refractivity contribution in [2.45, 2.75) is 26.8 Å². The number of aryl methyl sites for hydroxylation is 1. The number of nitrogens with zero attached hydrogens (tertiary/aromatic N) is 2. The molecule has 0 aliphatic carbocycles. The Labute approximate surface area is 114 Å². The highest BCUT2D eigenvalue weighted by Gasteiger charge is 1.99. The fourth-order valence-electron chi connectivity index (χ4n) is 1.78. The highest BCUT2D eigenvalue weighted by molar-refractivity contribution is 5.54. The summed E-state index contributed by atoms with van der Waals surface area (Å²) in [6.07, 6.45) is 8.50. The van der Waals surface area contributed by atoms with Crippen LogP contribution in [0.1, 0.15) is 24.5 Å². The first-order valence-corrected chi connectivity index (χ1v) is 6.62. The number of pyridine rings is 2. The van der Waals surface area contributed by atoms with Crippen molar-refractivity contribution in [2.75, 3.05) is 17.2 Å². The maximum Gasteiger partial charge on any atom is 0.0550 e. The molecule has 0 fully saturated rings. The van der Waals surface area contributed by atoms with E-state index in [-0.39, 0.29) is 0 Å². The fraction of sp³-hybridized carbons (Fsp3) is 0.333. The molecule has 0 bridgehead atoms. The van der Waals surface area contributed by atoms with Crippen LogP contribution in [-0.4, -0.2) is 16.5 Å². The second-order valence-electron chi connectivity index (χ2n) is 4.54. The monoisotopic (exact) mass is 256 g/mol. The Bertz CT molecular complexity index is 525. The van der Waals surface area contributed by atoms with Crippen molar-refractivity contribution in [3.8, 4) is 0 Å². The Morgan fingerprint density at radius 3 is 2.58 bits per heavy atom. The van der Waals surface area contributed by atoms with Crippen molar-refractivity contribution < 1.29 is 0 Å². The van der Waals surface area contributed by atoms with Crippen LogP contribution in [0, 0.1) is 6.92 Å². The molecule has 2 rings (SSSR count). The van der Waals surface area contributed by atoms with Crippen molar-refractivity contribution in [1.82, 2.24) is 9.97 Å². The Morgan fingerprint density at radius 1 is 1.05 bits per heavy atom. The summed E-state index contributed by atoms with van der Waals surface area (Å²) >= 11 is 0. The first-order chi connectivity index (χ1) is 9.29. The first-order valence-electron chi connectivity index (χ1n) is 6.62. The van der Waals surface area contributed by atoms with Gasteiger partial charge in [-0.1, -0.05) is 6.92 Å². The minimum atomic E-state index is 0.762. The number of anilines is 2. The van der Waals surface area contributed by atoms with E-state index in [1.165, 1.54) is 11.1 Å². The van der Waals surface area contributed by atoms with Crippen LogP contribution < -0.4 is 10.6 Å². The first kappa shape index (κ1) is 13.3. The van der Waals surface area contributed by atoms with E-state index in [4.69, 9.17) is 0 Å². The lowest BCUT2D eigenvalue weighted by molar-refractivity contribution is 0.977. The number of hydrogen-bond acceptors (Lipinski definition) is 4. The zero-order valence-corrected chi connectivity index (χ0v) is 11.5. The van der Waals surface area contributed by atoms with Gasteiger partial charge >= 0.3 is 0 Å². The Balaban J connectivity index is 1.98. The largest absolute Gasteiger partial charge is 0.384 e. The van der Waals surface area contributed by atoms with Gasteiger partial charge < -0.3 is 10.6 Å². The third-order valence-corrected chi connectivity index (χ3v) is 2.95. The predicted molar refractivity (Wildman–Crippen MR) is 79.3 cm³/mol. The molecule has 0 atom stereocenters. The molecule has 19 heavy (non-hydrogen) atoms. The molecule has 0 unspecified atom stereocenters. The van der Waals surface area contributed by atoms with E-state index in [9.17, 15) is 0 Å². The molecular weight excluding hydrogens is 236 g/mol. The van der Waals surface area contributed by atoms with Crippen LogP contribution in [0.5, 0.6) is 0 Å². The maximum absolute atomic E-state index is 4.23. The maximum atomic E-state index is 4.23. The highest BCUT2D eigenvalue weighted by atomic mass is 14.9. The molecule has 0 amide bonds. The van der Waals surface area contributed by atoms with E-state index in [1.54, 1.807) is 0 Å². The van der Waals surface area contributed by atoms with Crippen LogP contribution in [0.15, 0.2) is 36.9 Å². The van der Waals surface area contributed by atoms with Crippen molar-refractivity contribution in [3.05, 3.63) is 48.0 Å². The molecule has 0 aliphatic rings. The van der Waals surface area contributed by atoms with Crippen LogP contribution in [0.25, 0.3) is 0 Å². The third kappa shape index (κ3) is 3.95. The van der Waals surface area contributed by atoms with E-state index in [0.717, 1.165) is 30.9 Å². The van der Waals surface area contributed by atoms with Crippen molar-refractivity contribution >= 4 is 11.4 Å². The third-order valence-electron chi connectivity index (χ3n) is 2.95. The summed E-state index contributed by atoms with van der Waals surface area (Å²) in [5.41, 5.74) is 4.52. The van der Waals surface area contributed by atoms with Gasteiger partial charge in [0, 0.05) is 25.5 Å². The lowest BCUT2D eigenvalue weighted by atomic mass is 10.1. The average molecular weight is 256 g/mol. The molecule has 2 aromatic heterocycles. The summed E-state index contributed by atoms with van der Waals surface area (Å²) in [6, 6.07) is 4.10. The minimum Gasteiger partial charge on any atom is -0.384 e. The standard InChI is InChI=1S/C15H20N4/c1-3-5-18-14-7-15(11-17-10-14)19-9-13-8-16-6-4-12(13)2/h4,6-8,10-11,18-19H,3,5,9H2,1-2H3. The van der Waals surface area contributed by atoms with Gasteiger partial charge in [-0.25, -0.2) is 0 Å². The van der Waals surface area contributed by atoms with Gasteiger partial charge in [-0.3, -0.25) is 9.97 Å². The second-order valence-corrected chi connectivity index (χ2v) is 4.54. The van der Waals surface area contributed by atoms with Crippen molar-refractivity contribution in [3.63, 3.8) is 0 Å². The Hall–Kier alpha value is -2.10. The molecule has 0 radical (unpaired) electrons. The van der Waals surface area contributed by atoms with Crippen LogP contribution in [0.3, 0.4) is 0 Å². The smallest absolute Gasteiger partial charge is 0.0550 e. The summed E-state index contributed by atoms with van der Waals surface area (Å²) in [7, 11) is 0. The van der Waals surface area contributed by atoms with Gasteiger partial charge in [-0.15, -0.1) is 0 Å². The molecule has 4 heteroatoms. The molecule has 2 heterocycles. The van der Waals surface area contributed by atoms with Gasteiger partial charge in [0.2, 0.25) is 0 Å². The van der Waals surface area contributed by atoms with Gasteiger partial charge in [0.05, 0.1) is 23.8 Å². The number of nitrogens with one attached hydrogen (secondary N) is 2. The quantitative estimate of drug-likeness (QED) is 0.833. The van der Waals surface area contributed by atoms with Crippen LogP contribution in [0.4, 0.5) is 11.4 Å². The van der Waals surface area contributed by atoms with E-state index in [0.29, 0.717) is 0 Å². The summed E-state index contributed by atoms with van der Waals surface area (Å²) < 4.78 is 0. The van der Waals surface area contributed by atoms with Crippen molar-refractivity contribution in [1.29, 1.82) is 0 Å². The zero-order valence-electron chi connectivity index (χ0n) is 11.5. The van der Waals surface area contributed by atoms with E-state index >= 15 is 0 Å². The fourth-order valence-corrected chi connectivity index (χ4v) is 1.78. The number of hydrogen-bond donors (Lipinski definition) is 2. The molecule has 0 saturated heterocycles. The Kier molecular flexibility index (Phi) is 4.72. The van der Waals surface area contributed by atoms with E-state index in [2.05, 4.69) is 40.5 Å². The topological polar surface area (TPSA) is 49.8 Å². The molecule has 4 nitrogen and oxygen atoms in total. The summed E-state index contributed by atoms with van der Waals surface area (Å²) in [5, 5.41) is 6.71. The van der Waals surface area contributed by atoms with E-state index < -0.39 is 0 Å². The van der Waals surface area contributed by atoms with Gasteiger partial charge in [-0.05, 0) is 36.6 Å². The molecule has 100 valence electrons. The molecule has 0 aromatic carbocycles. The predicted octanol–water partition coefficient (Wildman–Crippen LogP) is 3.22. The van der Waals surface area contributed by atoms with Gasteiger partial charge in [-0.2, -0.15) is 0 Å². The summed E-state index contributed by atoms with van der Waals surface area (Å²) in [6.45, 7) is 5.97. The normalized spacial score (nSPS) is 10.2. The average Bonchev–Trinajstić information content (AvgIpc) is 2.45. The Morgan fingerprint density at radius 2 is 1.84 bits per heavy atom. The minimum absolute atomic E-state index is 0.762.